The molecule has 2 aliphatic rings. The average Bonchev–Trinajstić information content (AvgIpc) is 3.31. The maximum absolute atomic E-state index is 6.58. The van der Waals surface area contributed by atoms with Crippen LogP contribution in [0.5, 0.6) is 11.5 Å². The first-order valence-corrected chi connectivity index (χ1v) is 10.8. The molecule has 2 heterocycles. The molecule has 0 bridgehead atoms. The molecule has 3 nitrogen and oxygen atoms in total. The van der Waals surface area contributed by atoms with Crippen LogP contribution in [0.15, 0.2) is 72.8 Å². The van der Waals surface area contributed by atoms with Gasteiger partial charge in [-0.25, -0.2) is 0 Å². The lowest BCUT2D eigenvalue weighted by atomic mass is 9.77. The van der Waals surface area contributed by atoms with Crippen molar-refractivity contribution in [2.24, 2.45) is 0 Å². The fourth-order valence-electron chi connectivity index (χ4n) is 5.38. The first-order chi connectivity index (χ1) is 15.1. The molecule has 3 aromatic carbocycles. The highest BCUT2D eigenvalue weighted by atomic mass is 16.5. The minimum absolute atomic E-state index is 0.185. The van der Waals surface area contributed by atoms with Crippen molar-refractivity contribution in [3.05, 3.63) is 95.2 Å². The molecule has 0 N–H and O–H groups in total. The summed E-state index contributed by atoms with van der Waals surface area (Å²) in [5.74, 6) is 1.91. The summed E-state index contributed by atoms with van der Waals surface area (Å²) in [7, 11) is 1.70. The van der Waals surface area contributed by atoms with Crippen molar-refractivity contribution >= 4 is 22.6 Å². The molecule has 0 unspecified atom stereocenters. The maximum Gasteiger partial charge on any atom is 0.131 e. The lowest BCUT2D eigenvalue weighted by molar-refractivity contribution is 0.0893. The number of rotatable bonds is 3. The van der Waals surface area contributed by atoms with Crippen molar-refractivity contribution < 1.29 is 9.47 Å². The predicted molar refractivity (Wildman–Crippen MR) is 126 cm³/mol. The molecule has 1 aliphatic carbocycles. The number of nitrogens with zero attached hydrogens (tertiary/aromatic N) is 1. The summed E-state index contributed by atoms with van der Waals surface area (Å²) in [5, 5.41) is 1.32. The van der Waals surface area contributed by atoms with Gasteiger partial charge in [-0.2, -0.15) is 0 Å². The zero-order valence-corrected chi connectivity index (χ0v) is 18.1. The van der Waals surface area contributed by atoms with Crippen LogP contribution in [0.25, 0.3) is 22.6 Å². The third-order valence-corrected chi connectivity index (χ3v) is 6.70. The third-order valence-electron chi connectivity index (χ3n) is 6.70. The monoisotopic (exact) mass is 407 g/mol. The van der Waals surface area contributed by atoms with Gasteiger partial charge in [-0.3, -0.25) is 0 Å². The van der Waals surface area contributed by atoms with Crippen molar-refractivity contribution in [1.82, 2.24) is 4.57 Å². The number of para-hydroxylation sites is 1. The minimum Gasteiger partial charge on any atom is -0.497 e. The SMILES string of the molecule is COc1ccc2c(c1)OC(C)(C)[C@@H]1C2=Cc2c1c1ccccc1n2Cc1ccccc1. The van der Waals surface area contributed by atoms with Gasteiger partial charge in [0.25, 0.3) is 0 Å². The lowest BCUT2D eigenvalue weighted by Gasteiger charge is -2.40. The summed E-state index contributed by atoms with van der Waals surface area (Å²) in [6.07, 6.45) is 2.39. The van der Waals surface area contributed by atoms with E-state index < -0.39 is 0 Å². The van der Waals surface area contributed by atoms with Gasteiger partial charge in [0, 0.05) is 34.8 Å². The van der Waals surface area contributed by atoms with Gasteiger partial charge in [-0.15, -0.1) is 0 Å². The van der Waals surface area contributed by atoms with E-state index in [9.17, 15) is 0 Å². The summed E-state index contributed by atoms with van der Waals surface area (Å²) in [6, 6.07) is 25.6. The van der Waals surface area contributed by atoms with Crippen LogP contribution in [0.3, 0.4) is 0 Å². The Bertz CT molecular complexity index is 1340. The van der Waals surface area contributed by atoms with E-state index in [4.69, 9.17) is 9.47 Å². The van der Waals surface area contributed by atoms with Crippen LogP contribution in [-0.2, 0) is 6.54 Å². The number of hydrogen-bond donors (Lipinski definition) is 0. The van der Waals surface area contributed by atoms with Crippen LogP contribution in [-0.4, -0.2) is 17.3 Å². The zero-order valence-electron chi connectivity index (χ0n) is 18.1. The summed E-state index contributed by atoms with van der Waals surface area (Å²) in [6.45, 7) is 5.25. The fraction of sp³-hybridized carbons (Fsp3) is 0.214. The number of aromatic nitrogens is 1. The van der Waals surface area contributed by atoms with E-state index >= 15 is 0 Å². The van der Waals surface area contributed by atoms with Gasteiger partial charge in [0.1, 0.15) is 17.1 Å². The molecule has 1 aliphatic heterocycles. The molecule has 0 amide bonds. The van der Waals surface area contributed by atoms with Gasteiger partial charge >= 0.3 is 0 Å². The Labute approximate surface area is 182 Å². The molecule has 154 valence electrons. The van der Waals surface area contributed by atoms with Gasteiger partial charge < -0.3 is 14.0 Å². The number of fused-ring (bicyclic) bond motifs is 7. The van der Waals surface area contributed by atoms with Gasteiger partial charge in [-0.05, 0) is 54.8 Å². The fourth-order valence-corrected chi connectivity index (χ4v) is 5.38. The highest BCUT2D eigenvalue weighted by Crippen LogP contribution is 2.57. The van der Waals surface area contributed by atoms with Crippen molar-refractivity contribution in [3.63, 3.8) is 0 Å². The predicted octanol–water partition coefficient (Wildman–Crippen LogP) is 6.51. The van der Waals surface area contributed by atoms with Crippen LogP contribution in [0.1, 0.15) is 42.1 Å². The van der Waals surface area contributed by atoms with Crippen LogP contribution < -0.4 is 9.47 Å². The number of benzene rings is 3. The van der Waals surface area contributed by atoms with Crippen molar-refractivity contribution in [3.8, 4) is 11.5 Å². The largest absolute Gasteiger partial charge is 0.497 e. The smallest absolute Gasteiger partial charge is 0.131 e. The van der Waals surface area contributed by atoms with Gasteiger partial charge in [0.05, 0.1) is 13.0 Å². The molecule has 31 heavy (non-hydrogen) atoms. The first-order valence-electron chi connectivity index (χ1n) is 10.8. The summed E-state index contributed by atoms with van der Waals surface area (Å²) in [5.41, 5.74) is 7.41. The lowest BCUT2D eigenvalue weighted by Crippen LogP contribution is -2.39. The second-order valence-corrected chi connectivity index (χ2v) is 8.99. The van der Waals surface area contributed by atoms with E-state index in [0.29, 0.717) is 0 Å². The van der Waals surface area contributed by atoms with Gasteiger partial charge in [0.2, 0.25) is 0 Å². The molecule has 0 spiro atoms. The Hall–Kier alpha value is -3.46. The van der Waals surface area contributed by atoms with Crippen LogP contribution in [0.2, 0.25) is 0 Å². The minimum atomic E-state index is -0.363. The summed E-state index contributed by atoms with van der Waals surface area (Å²) in [4.78, 5) is 0. The average molecular weight is 408 g/mol. The maximum atomic E-state index is 6.58. The third kappa shape index (κ3) is 2.66. The second kappa shape index (κ2) is 6.52. The van der Waals surface area contributed by atoms with E-state index in [1.165, 1.54) is 33.3 Å². The topological polar surface area (TPSA) is 23.4 Å². The van der Waals surface area contributed by atoms with E-state index in [-0.39, 0.29) is 11.5 Å². The van der Waals surface area contributed by atoms with E-state index in [2.05, 4.69) is 85.2 Å². The standard InChI is InChI=1S/C28H25NO2/c1-28(2)27-22(20-14-13-19(30-3)15-25(20)31-28)16-24-26(27)21-11-7-8-12-23(21)29(24)17-18-9-5-4-6-10-18/h4-16,27H,17H2,1-3H3/t27-/m1/s1. The molecule has 1 atom stereocenters. The molecule has 0 saturated heterocycles. The number of ether oxygens (including phenoxy) is 2. The Morgan fingerprint density at radius 3 is 2.55 bits per heavy atom. The molecule has 0 fully saturated rings. The quantitative estimate of drug-likeness (QED) is 0.387. The Morgan fingerprint density at radius 2 is 1.74 bits per heavy atom. The van der Waals surface area contributed by atoms with Crippen molar-refractivity contribution in [2.75, 3.05) is 7.11 Å². The highest BCUT2D eigenvalue weighted by molar-refractivity contribution is 6.02. The van der Waals surface area contributed by atoms with Crippen LogP contribution >= 0.6 is 0 Å². The molecule has 4 aromatic rings. The molecular formula is C28H25NO2. The Balaban J connectivity index is 1.60. The van der Waals surface area contributed by atoms with Gasteiger partial charge in [-0.1, -0.05) is 48.5 Å². The highest BCUT2D eigenvalue weighted by Gasteiger charge is 2.47. The first kappa shape index (κ1) is 18.3. The molecule has 0 radical (unpaired) electrons. The van der Waals surface area contributed by atoms with Crippen LogP contribution in [0.4, 0.5) is 0 Å². The van der Waals surface area contributed by atoms with Crippen LogP contribution in [0, 0.1) is 0 Å². The second-order valence-electron chi connectivity index (χ2n) is 8.99. The number of methoxy groups -OCH3 is 1. The molecular weight excluding hydrogens is 382 g/mol. The molecule has 0 saturated carbocycles. The molecule has 1 aromatic heterocycles. The van der Waals surface area contributed by atoms with Gasteiger partial charge in [0.15, 0.2) is 0 Å². The van der Waals surface area contributed by atoms with Crippen molar-refractivity contribution in [1.29, 1.82) is 0 Å². The number of hydrogen-bond acceptors (Lipinski definition) is 2. The molecule has 6 rings (SSSR count). The summed E-state index contributed by atoms with van der Waals surface area (Å²) < 4.78 is 14.5. The molecule has 3 heteroatoms. The van der Waals surface area contributed by atoms with Crippen molar-refractivity contribution in [2.45, 2.75) is 31.9 Å². The van der Waals surface area contributed by atoms with E-state index in [1.807, 2.05) is 12.1 Å². The Kier molecular flexibility index (Phi) is 3.85. The normalized spacial score (nSPS) is 18.0. The Morgan fingerprint density at radius 1 is 0.968 bits per heavy atom. The van der Waals surface area contributed by atoms with E-state index in [0.717, 1.165) is 23.6 Å². The van der Waals surface area contributed by atoms with E-state index in [1.54, 1.807) is 7.11 Å². The zero-order chi connectivity index (χ0) is 21.2. The summed E-state index contributed by atoms with van der Waals surface area (Å²) >= 11 is 0.